The first kappa shape index (κ1) is 28.4. The molecule has 54 heavy (non-hydrogen) atoms. The van der Waals surface area contributed by atoms with Gasteiger partial charge in [0.2, 0.25) is 0 Å². The van der Waals surface area contributed by atoms with Crippen LogP contribution in [0.5, 0.6) is 17.2 Å². The molecule has 0 N–H and O–H groups in total. The molecule has 11 aromatic rings. The van der Waals surface area contributed by atoms with E-state index in [1.165, 1.54) is 10.8 Å². The van der Waals surface area contributed by atoms with E-state index in [0.717, 1.165) is 111 Å². The third-order valence-electron chi connectivity index (χ3n) is 11.5. The van der Waals surface area contributed by atoms with Gasteiger partial charge in [0, 0.05) is 49.5 Å². The van der Waals surface area contributed by atoms with E-state index in [1.54, 1.807) is 0 Å². The molecule has 5 heterocycles. The fourth-order valence-corrected chi connectivity index (χ4v) is 9.08. The van der Waals surface area contributed by atoms with Gasteiger partial charge in [0.1, 0.15) is 39.6 Å². The Bertz CT molecular complexity index is 3370. The number of hydrogen-bond donors (Lipinski definition) is 0. The lowest BCUT2D eigenvalue weighted by molar-refractivity contribution is 0.479. The predicted molar refractivity (Wildman–Crippen MR) is 218 cm³/mol. The van der Waals surface area contributed by atoms with Gasteiger partial charge in [-0.15, -0.1) is 0 Å². The van der Waals surface area contributed by atoms with Crippen LogP contribution in [-0.4, -0.2) is 11.5 Å². The van der Waals surface area contributed by atoms with Crippen LogP contribution in [0.4, 0.5) is 0 Å². The fourth-order valence-electron chi connectivity index (χ4n) is 9.08. The largest absolute Gasteiger partial charge is 0.551 e. The first-order valence-corrected chi connectivity index (χ1v) is 18.3. The molecule has 0 spiro atoms. The van der Waals surface area contributed by atoms with Crippen LogP contribution in [0.2, 0.25) is 0 Å². The normalized spacial score (nSPS) is 13.1. The van der Waals surface area contributed by atoms with Crippen molar-refractivity contribution in [1.82, 2.24) is 4.57 Å². The van der Waals surface area contributed by atoms with Gasteiger partial charge < -0.3 is 22.8 Å². The molecular formula is C48H26BNO4. The average molecular weight is 692 g/mol. The van der Waals surface area contributed by atoms with Crippen LogP contribution in [-0.2, 0) is 0 Å². The van der Waals surface area contributed by atoms with E-state index in [4.69, 9.17) is 18.2 Å². The summed E-state index contributed by atoms with van der Waals surface area (Å²) in [6.45, 7) is -0.338. The number of hydrogen-bond acceptors (Lipinski definition) is 4. The monoisotopic (exact) mass is 691 g/mol. The van der Waals surface area contributed by atoms with Gasteiger partial charge >= 0.3 is 6.92 Å². The Morgan fingerprint density at radius 2 is 1.15 bits per heavy atom. The zero-order valence-corrected chi connectivity index (χ0v) is 28.7. The zero-order valence-electron chi connectivity index (χ0n) is 28.7. The van der Waals surface area contributed by atoms with E-state index in [-0.39, 0.29) is 6.92 Å². The number of para-hydroxylation sites is 4. The van der Waals surface area contributed by atoms with Gasteiger partial charge in [-0.25, -0.2) is 0 Å². The second kappa shape index (κ2) is 10.2. The Morgan fingerprint density at radius 1 is 0.444 bits per heavy atom. The number of benzene rings is 8. The number of furan rings is 2. The molecule has 5 nitrogen and oxygen atoms in total. The number of rotatable bonds is 2. The summed E-state index contributed by atoms with van der Waals surface area (Å²) in [6.07, 6.45) is 0. The van der Waals surface area contributed by atoms with Gasteiger partial charge in [0.05, 0.1) is 22.1 Å². The molecule has 0 radical (unpaired) electrons. The van der Waals surface area contributed by atoms with Crippen molar-refractivity contribution in [3.05, 3.63) is 158 Å². The van der Waals surface area contributed by atoms with Crippen molar-refractivity contribution < 1.29 is 18.2 Å². The molecule has 8 aromatic carbocycles. The number of aromatic nitrogens is 1. The molecule has 13 rings (SSSR count). The van der Waals surface area contributed by atoms with E-state index in [0.29, 0.717) is 0 Å². The summed E-state index contributed by atoms with van der Waals surface area (Å²) < 4.78 is 28.9. The van der Waals surface area contributed by atoms with Crippen molar-refractivity contribution in [2.45, 2.75) is 0 Å². The molecule has 3 aromatic heterocycles. The maximum Gasteiger partial charge on any atom is 0.434 e. The lowest BCUT2D eigenvalue weighted by atomic mass is 9.50. The standard InChI is InChI=1S/C48H26BNO4/c1-5-13-38-30(9-1)31-10-2-6-14-39(31)50(38)29-25-35-33-12-4-8-16-42(33)54-49-37-24-28(18-21-43(37)52-45(26-29)47(35)49)27-17-20-41-36(23-27)46-44(51-41)22-19-34-32-11-3-7-15-40(32)53-48(34)46/h1-26H. The summed E-state index contributed by atoms with van der Waals surface area (Å²) in [5, 5.41) is 6.65. The summed E-state index contributed by atoms with van der Waals surface area (Å²) in [6, 6.07) is 55.2. The maximum absolute atomic E-state index is 6.91. The highest BCUT2D eigenvalue weighted by atomic mass is 16.5. The van der Waals surface area contributed by atoms with Crippen LogP contribution in [0.3, 0.4) is 0 Å². The van der Waals surface area contributed by atoms with Crippen LogP contribution in [0.1, 0.15) is 0 Å². The predicted octanol–water partition coefficient (Wildman–Crippen LogP) is 11.5. The van der Waals surface area contributed by atoms with E-state index in [9.17, 15) is 0 Å². The van der Waals surface area contributed by atoms with E-state index in [1.807, 2.05) is 24.3 Å². The molecule has 0 saturated carbocycles. The Kier molecular flexibility index (Phi) is 5.39. The number of nitrogens with zero attached hydrogens (tertiary/aromatic N) is 1. The van der Waals surface area contributed by atoms with Crippen LogP contribution in [0.25, 0.3) is 93.6 Å². The van der Waals surface area contributed by atoms with Crippen molar-refractivity contribution in [2.75, 3.05) is 0 Å². The lowest BCUT2D eigenvalue weighted by Gasteiger charge is -2.33. The molecule has 0 unspecified atom stereocenters. The summed E-state index contributed by atoms with van der Waals surface area (Å²) >= 11 is 0. The Balaban J connectivity index is 0.989. The minimum Gasteiger partial charge on any atom is -0.551 e. The van der Waals surface area contributed by atoms with Crippen molar-refractivity contribution in [2.24, 2.45) is 0 Å². The summed E-state index contributed by atoms with van der Waals surface area (Å²) in [4.78, 5) is 0. The number of fused-ring (bicyclic) bond motifs is 14. The minimum absolute atomic E-state index is 0.338. The topological polar surface area (TPSA) is 49.7 Å². The molecule has 0 saturated heterocycles. The van der Waals surface area contributed by atoms with Gasteiger partial charge in [0.25, 0.3) is 0 Å². The summed E-state index contributed by atoms with van der Waals surface area (Å²) in [7, 11) is 0. The molecule has 250 valence electrons. The highest BCUT2D eigenvalue weighted by Crippen LogP contribution is 2.44. The Hall–Kier alpha value is -7.18. The minimum atomic E-state index is -0.338. The molecule has 2 aliphatic heterocycles. The van der Waals surface area contributed by atoms with Crippen LogP contribution in [0.15, 0.2) is 167 Å². The van der Waals surface area contributed by atoms with Crippen molar-refractivity contribution in [1.29, 1.82) is 0 Å². The van der Waals surface area contributed by atoms with E-state index in [2.05, 4.69) is 138 Å². The molecule has 2 aliphatic rings. The average Bonchev–Trinajstić information content (AvgIpc) is 3.90. The summed E-state index contributed by atoms with van der Waals surface area (Å²) in [5.41, 5.74) is 13.1. The van der Waals surface area contributed by atoms with Gasteiger partial charge in [-0.2, -0.15) is 0 Å². The molecule has 0 atom stereocenters. The SMILES string of the molecule is c1ccc2c(c1)OB1c3cc(-c4ccc5oc6ccc7c8ccccc8oc7c6c5c4)ccc3Oc3cc(-n4c5ccccc5c5ccccc54)cc-2c31. The Morgan fingerprint density at radius 3 is 2.02 bits per heavy atom. The maximum atomic E-state index is 6.91. The van der Waals surface area contributed by atoms with E-state index < -0.39 is 0 Å². The van der Waals surface area contributed by atoms with Crippen LogP contribution >= 0.6 is 0 Å². The van der Waals surface area contributed by atoms with Gasteiger partial charge in [0.15, 0.2) is 0 Å². The molecular weight excluding hydrogens is 665 g/mol. The van der Waals surface area contributed by atoms with Crippen LogP contribution < -0.4 is 20.3 Å². The quantitative estimate of drug-likeness (QED) is 0.169. The molecule has 6 heteroatoms. The highest BCUT2D eigenvalue weighted by molar-refractivity contribution is 6.84. The highest BCUT2D eigenvalue weighted by Gasteiger charge is 2.41. The first-order valence-electron chi connectivity index (χ1n) is 18.3. The molecule has 0 amide bonds. The molecule has 0 bridgehead atoms. The third-order valence-corrected chi connectivity index (χ3v) is 11.5. The van der Waals surface area contributed by atoms with Gasteiger partial charge in [-0.3, -0.25) is 0 Å². The van der Waals surface area contributed by atoms with Crippen molar-refractivity contribution >= 4 is 83.5 Å². The second-order valence-electron chi connectivity index (χ2n) is 14.4. The molecule has 0 fully saturated rings. The van der Waals surface area contributed by atoms with Crippen molar-refractivity contribution in [3.63, 3.8) is 0 Å². The molecule has 0 aliphatic carbocycles. The van der Waals surface area contributed by atoms with Gasteiger partial charge in [-0.1, -0.05) is 91.0 Å². The third kappa shape index (κ3) is 3.73. The Labute approximate surface area is 308 Å². The lowest BCUT2D eigenvalue weighted by Crippen LogP contribution is -2.53. The summed E-state index contributed by atoms with van der Waals surface area (Å²) in [5.74, 6) is 2.46. The fraction of sp³-hybridized carbons (Fsp3) is 0. The smallest absolute Gasteiger partial charge is 0.434 e. The second-order valence-corrected chi connectivity index (χ2v) is 14.4. The van der Waals surface area contributed by atoms with Gasteiger partial charge in [-0.05, 0) is 77.4 Å². The van der Waals surface area contributed by atoms with E-state index >= 15 is 0 Å². The van der Waals surface area contributed by atoms with Crippen molar-refractivity contribution in [3.8, 4) is 45.2 Å². The van der Waals surface area contributed by atoms with Crippen LogP contribution in [0, 0.1) is 0 Å². The first-order chi connectivity index (χ1) is 26.7. The zero-order chi connectivity index (χ0) is 35.1. The number of ether oxygens (including phenoxy) is 1.